The van der Waals surface area contributed by atoms with Crippen molar-refractivity contribution in [1.82, 2.24) is 14.9 Å². The van der Waals surface area contributed by atoms with Crippen LogP contribution in [0.15, 0.2) is 21.9 Å². The minimum Gasteiger partial charge on any atom is -0.394 e. The van der Waals surface area contributed by atoms with Gasteiger partial charge in [0.25, 0.3) is 5.56 Å². The number of halogens is 3. The Morgan fingerprint density at radius 2 is 2.11 bits per heavy atom. The molecule has 1 saturated heterocycles. The molecule has 1 aliphatic heterocycles. The number of aliphatic hydroxyl groups excluding tert-OH is 2. The lowest BCUT2D eigenvalue weighted by molar-refractivity contribution is -0.174. The van der Waals surface area contributed by atoms with Crippen LogP contribution in [0.25, 0.3) is 0 Å². The van der Waals surface area contributed by atoms with E-state index in [1.807, 2.05) is 4.98 Å². The Hall–Kier alpha value is -2.26. The second-order valence-corrected chi connectivity index (χ2v) is 5.67. The van der Waals surface area contributed by atoms with Crippen molar-refractivity contribution in [3.05, 3.63) is 33.1 Å². The Morgan fingerprint density at radius 3 is 2.71 bits per heavy atom. The highest BCUT2D eigenvalue weighted by molar-refractivity contribution is 5.81. The first kappa shape index (κ1) is 22.0. The number of alkyl halides is 3. The van der Waals surface area contributed by atoms with E-state index in [0.29, 0.717) is 0 Å². The topological polar surface area (TPSA) is 152 Å². The van der Waals surface area contributed by atoms with E-state index in [4.69, 9.17) is 14.2 Å². The maximum Gasteiger partial charge on any atom is 0.471 e. The number of rotatable bonds is 8. The zero-order chi connectivity index (χ0) is 20.9. The molecule has 11 nitrogen and oxygen atoms in total. The number of carbonyl (C=O) groups is 1. The standard InChI is InChI=1S/C14H18F3N3O8/c15-14(16,17)12(24)18-2-4-26-6-27-10-9(23)7(5-21)28-11(10)20-3-1-8(22)19-13(20)25/h1,3,7,9-11,21,23H,2,4-6H2,(H,18,24)(H,19,22,25)/t7-,9?,10+,11-/m1/s1. The van der Waals surface area contributed by atoms with Crippen molar-refractivity contribution in [3.63, 3.8) is 0 Å². The summed E-state index contributed by atoms with van der Waals surface area (Å²) in [7, 11) is 0. The number of H-pyrrole nitrogens is 1. The van der Waals surface area contributed by atoms with Crippen molar-refractivity contribution < 1.29 is 42.4 Å². The van der Waals surface area contributed by atoms with Gasteiger partial charge in [-0.25, -0.2) is 4.79 Å². The summed E-state index contributed by atoms with van der Waals surface area (Å²) in [6, 6.07) is 1.04. The fourth-order valence-electron chi connectivity index (χ4n) is 2.42. The third-order valence-corrected chi connectivity index (χ3v) is 3.75. The zero-order valence-corrected chi connectivity index (χ0v) is 14.2. The van der Waals surface area contributed by atoms with E-state index in [0.717, 1.165) is 16.8 Å². The molecule has 14 heteroatoms. The highest BCUT2D eigenvalue weighted by Gasteiger charge is 2.45. The molecule has 1 amide bonds. The summed E-state index contributed by atoms with van der Waals surface area (Å²) in [4.78, 5) is 35.7. The predicted octanol–water partition coefficient (Wildman–Crippen LogP) is -2.17. The number of hydrogen-bond acceptors (Lipinski definition) is 8. The molecule has 4 N–H and O–H groups in total. The van der Waals surface area contributed by atoms with E-state index < -0.39 is 67.8 Å². The number of ether oxygens (including phenoxy) is 3. The van der Waals surface area contributed by atoms with Gasteiger partial charge in [0.2, 0.25) is 0 Å². The second kappa shape index (κ2) is 9.29. The summed E-state index contributed by atoms with van der Waals surface area (Å²) >= 11 is 0. The number of amides is 1. The van der Waals surface area contributed by atoms with E-state index in [9.17, 15) is 37.8 Å². The van der Waals surface area contributed by atoms with Crippen molar-refractivity contribution >= 4 is 5.91 Å². The highest BCUT2D eigenvalue weighted by Crippen LogP contribution is 2.30. The van der Waals surface area contributed by atoms with Crippen LogP contribution in [0.1, 0.15) is 6.23 Å². The Morgan fingerprint density at radius 1 is 1.39 bits per heavy atom. The van der Waals surface area contributed by atoms with Crippen LogP contribution in [0, 0.1) is 0 Å². The van der Waals surface area contributed by atoms with Gasteiger partial charge in [0.1, 0.15) is 25.1 Å². The van der Waals surface area contributed by atoms with Gasteiger partial charge in [-0.15, -0.1) is 0 Å². The molecular weight excluding hydrogens is 395 g/mol. The molecule has 0 aliphatic carbocycles. The molecule has 0 aromatic carbocycles. The first-order valence-electron chi connectivity index (χ1n) is 7.95. The van der Waals surface area contributed by atoms with Gasteiger partial charge >= 0.3 is 17.8 Å². The van der Waals surface area contributed by atoms with Crippen LogP contribution in [0.3, 0.4) is 0 Å². The van der Waals surface area contributed by atoms with Crippen LogP contribution in [0.2, 0.25) is 0 Å². The SMILES string of the molecule is O=C(NCCOCO[C@H]1C(O)[C@@H](CO)O[C@H]1n1ccc(=O)[nH]c1=O)C(F)(F)F. The average Bonchev–Trinajstić information content (AvgIpc) is 2.92. The quantitative estimate of drug-likeness (QED) is 0.277. The van der Waals surface area contributed by atoms with Gasteiger partial charge in [0, 0.05) is 18.8 Å². The van der Waals surface area contributed by atoms with E-state index in [2.05, 4.69) is 0 Å². The summed E-state index contributed by atoms with van der Waals surface area (Å²) in [5, 5.41) is 21.0. The van der Waals surface area contributed by atoms with Gasteiger partial charge in [-0.1, -0.05) is 0 Å². The molecule has 1 unspecified atom stereocenters. The highest BCUT2D eigenvalue weighted by atomic mass is 19.4. The molecule has 0 bridgehead atoms. The maximum absolute atomic E-state index is 12.0. The summed E-state index contributed by atoms with van der Waals surface area (Å²) in [5.74, 6) is -2.11. The van der Waals surface area contributed by atoms with Crippen LogP contribution in [0.5, 0.6) is 0 Å². The molecule has 1 aromatic rings. The van der Waals surface area contributed by atoms with Gasteiger partial charge in [-0.3, -0.25) is 19.1 Å². The zero-order valence-electron chi connectivity index (χ0n) is 14.2. The minimum atomic E-state index is -5.00. The minimum absolute atomic E-state index is 0.321. The summed E-state index contributed by atoms with van der Waals surface area (Å²) in [5.41, 5.74) is -1.49. The van der Waals surface area contributed by atoms with Crippen LogP contribution < -0.4 is 16.6 Å². The Kier molecular flexibility index (Phi) is 7.31. The van der Waals surface area contributed by atoms with E-state index >= 15 is 0 Å². The van der Waals surface area contributed by atoms with Crippen molar-refractivity contribution in [2.45, 2.75) is 30.7 Å². The number of aromatic amines is 1. The molecule has 4 atom stereocenters. The van der Waals surface area contributed by atoms with Crippen LogP contribution in [-0.2, 0) is 19.0 Å². The summed E-state index contributed by atoms with van der Waals surface area (Å²) < 4.78 is 52.6. The van der Waals surface area contributed by atoms with E-state index in [-0.39, 0.29) is 6.61 Å². The number of nitrogens with zero attached hydrogens (tertiary/aromatic N) is 1. The largest absolute Gasteiger partial charge is 0.471 e. The summed E-state index contributed by atoms with van der Waals surface area (Å²) in [6.07, 6.45) is -8.72. The lowest BCUT2D eigenvalue weighted by atomic mass is 10.1. The predicted molar refractivity (Wildman–Crippen MR) is 83.1 cm³/mol. The Labute approximate surface area is 154 Å². The molecule has 0 radical (unpaired) electrons. The van der Waals surface area contributed by atoms with Gasteiger partial charge < -0.3 is 29.7 Å². The molecule has 28 heavy (non-hydrogen) atoms. The average molecular weight is 413 g/mol. The summed E-state index contributed by atoms with van der Waals surface area (Å²) in [6.45, 7) is -1.86. The third kappa shape index (κ3) is 5.39. The number of hydrogen-bond donors (Lipinski definition) is 4. The van der Waals surface area contributed by atoms with Gasteiger partial charge in [0.05, 0.1) is 13.2 Å². The molecule has 1 aromatic heterocycles. The number of aliphatic hydroxyl groups is 2. The Balaban J connectivity index is 1.91. The molecule has 158 valence electrons. The lowest BCUT2D eigenvalue weighted by Gasteiger charge is -2.22. The Bertz CT molecular complexity index is 780. The first-order chi connectivity index (χ1) is 13.1. The maximum atomic E-state index is 12.0. The molecule has 2 heterocycles. The number of carbonyl (C=O) groups excluding carboxylic acids is 1. The normalized spacial score (nSPS) is 25.0. The number of aromatic nitrogens is 2. The molecular formula is C14H18F3N3O8. The van der Waals surface area contributed by atoms with Crippen LogP contribution >= 0.6 is 0 Å². The molecule has 1 fully saturated rings. The fraction of sp³-hybridized carbons (Fsp3) is 0.643. The van der Waals surface area contributed by atoms with Gasteiger partial charge in [0.15, 0.2) is 6.23 Å². The monoisotopic (exact) mass is 413 g/mol. The molecule has 0 saturated carbocycles. The van der Waals surface area contributed by atoms with E-state index in [1.165, 1.54) is 0 Å². The fourth-order valence-corrected chi connectivity index (χ4v) is 2.42. The molecule has 2 rings (SSSR count). The number of nitrogens with one attached hydrogen (secondary N) is 2. The van der Waals surface area contributed by atoms with Crippen molar-refractivity contribution in [3.8, 4) is 0 Å². The van der Waals surface area contributed by atoms with Gasteiger partial charge in [-0.05, 0) is 0 Å². The molecule has 1 aliphatic rings. The van der Waals surface area contributed by atoms with E-state index in [1.54, 1.807) is 5.32 Å². The van der Waals surface area contributed by atoms with Crippen molar-refractivity contribution in [2.75, 3.05) is 26.6 Å². The third-order valence-electron chi connectivity index (χ3n) is 3.75. The van der Waals surface area contributed by atoms with Gasteiger partial charge in [-0.2, -0.15) is 13.2 Å². The molecule has 0 spiro atoms. The lowest BCUT2D eigenvalue weighted by Crippen LogP contribution is -2.40. The first-order valence-corrected chi connectivity index (χ1v) is 7.95. The smallest absolute Gasteiger partial charge is 0.394 e. The van der Waals surface area contributed by atoms with Crippen molar-refractivity contribution in [1.29, 1.82) is 0 Å². The van der Waals surface area contributed by atoms with Crippen molar-refractivity contribution in [2.24, 2.45) is 0 Å². The van der Waals surface area contributed by atoms with Crippen LogP contribution in [-0.4, -0.2) is 76.7 Å². The van der Waals surface area contributed by atoms with Crippen LogP contribution in [0.4, 0.5) is 13.2 Å². The second-order valence-electron chi connectivity index (χ2n) is 5.67.